The molecule has 1 saturated carbocycles. The molecule has 24 heavy (non-hydrogen) atoms. The van der Waals surface area contributed by atoms with Crippen LogP contribution in [0.3, 0.4) is 0 Å². The van der Waals surface area contributed by atoms with Gasteiger partial charge in [-0.25, -0.2) is 4.68 Å². The van der Waals surface area contributed by atoms with E-state index in [0.717, 1.165) is 12.2 Å². The average molecular weight is 330 g/mol. The highest BCUT2D eigenvalue weighted by atomic mass is 16.1. The summed E-state index contributed by atoms with van der Waals surface area (Å²) in [6.07, 6.45) is 7.62. The first kappa shape index (κ1) is 16.3. The zero-order chi connectivity index (χ0) is 16.4. The lowest BCUT2D eigenvalue weighted by atomic mass is 9.97. The van der Waals surface area contributed by atoms with Gasteiger partial charge in [0.15, 0.2) is 0 Å². The van der Waals surface area contributed by atoms with Crippen LogP contribution < -0.4 is 5.56 Å². The molecule has 3 fully saturated rings. The van der Waals surface area contributed by atoms with E-state index in [-0.39, 0.29) is 5.56 Å². The quantitative estimate of drug-likeness (QED) is 0.799. The van der Waals surface area contributed by atoms with E-state index in [1.54, 1.807) is 10.7 Å². The Kier molecular flexibility index (Phi) is 4.99. The summed E-state index contributed by atoms with van der Waals surface area (Å²) in [6.45, 7) is 8.19. The van der Waals surface area contributed by atoms with Gasteiger partial charge in [-0.3, -0.25) is 4.79 Å². The molecule has 5 nitrogen and oxygen atoms in total. The minimum Gasteiger partial charge on any atom is -0.302 e. The van der Waals surface area contributed by atoms with E-state index in [9.17, 15) is 4.79 Å². The van der Waals surface area contributed by atoms with Crippen LogP contribution in [0, 0.1) is 5.92 Å². The molecule has 3 heterocycles. The summed E-state index contributed by atoms with van der Waals surface area (Å²) >= 11 is 0. The fourth-order valence-corrected chi connectivity index (χ4v) is 4.12. The summed E-state index contributed by atoms with van der Waals surface area (Å²) in [5.41, 5.74) is 1.19. The van der Waals surface area contributed by atoms with Crippen LogP contribution in [-0.2, 0) is 6.54 Å². The van der Waals surface area contributed by atoms with Gasteiger partial charge in [-0.15, -0.1) is 0 Å². The topological polar surface area (TPSA) is 41.4 Å². The van der Waals surface area contributed by atoms with Gasteiger partial charge in [-0.1, -0.05) is 0 Å². The molecule has 4 rings (SSSR count). The fourth-order valence-electron chi connectivity index (χ4n) is 4.12. The molecule has 1 aliphatic carbocycles. The predicted molar refractivity (Wildman–Crippen MR) is 95.3 cm³/mol. The van der Waals surface area contributed by atoms with Gasteiger partial charge in [-0.05, 0) is 76.7 Å². The molecule has 0 unspecified atom stereocenters. The molecule has 5 heteroatoms. The first-order valence-electron chi connectivity index (χ1n) is 9.81. The lowest BCUT2D eigenvalue weighted by Gasteiger charge is -2.33. The van der Waals surface area contributed by atoms with E-state index < -0.39 is 0 Å². The van der Waals surface area contributed by atoms with Gasteiger partial charge in [0.05, 0.1) is 5.69 Å². The molecule has 0 atom stereocenters. The van der Waals surface area contributed by atoms with Crippen molar-refractivity contribution in [3.63, 3.8) is 0 Å². The molecule has 0 N–H and O–H groups in total. The van der Waals surface area contributed by atoms with Crippen molar-refractivity contribution in [3.05, 3.63) is 28.2 Å². The number of nitrogens with zero attached hydrogens (tertiary/aromatic N) is 4. The largest absolute Gasteiger partial charge is 0.302 e. The van der Waals surface area contributed by atoms with E-state index in [1.807, 2.05) is 6.07 Å². The molecule has 3 aliphatic rings. The second-order valence-corrected chi connectivity index (χ2v) is 7.89. The molecule has 2 saturated heterocycles. The van der Waals surface area contributed by atoms with Gasteiger partial charge in [-0.2, -0.15) is 5.10 Å². The van der Waals surface area contributed by atoms with Crippen LogP contribution in [0.4, 0.5) is 0 Å². The second kappa shape index (κ2) is 7.36. The Balaban J connectivity index is 1.25. The number of rotatable bonds is 6. The van der Waals surface area contributed by atoms with E-state index >= 15 is 0 Å². The molecule has 0 amide bonds. The van der Waals surface area contributed by atoms with Crippen molar-refractivity contribution >= 4 is 0 Å². The van der Waals surface area contributed by atoms with Crippen molar-refractivity contribution in [2.75, 3.05) is 39.3 Å². The second-order valence-electron chi connectivity index (χ2n) is 7.89. The summed E-state index contributed by atoms with van der Waals surface area (Å²) in [7, 11) is 0. The third kappa shape index (κ3) is 4.06. The monoisotopic (exact) mass is 330 g/mol. The number of likely N-dealkylation sites (tertiary alicyclic amines) is 2. The summed E-state index contributed by atoms with van der Waals surface area (Å²) in [6, 6.07) is 3.64. The van der Waals surface area contributed by atoms with Crippen LogP contribution >= 0.6 is 0 Å². The average Bonchev–Trinajstić information content (AvgIpc) is 3.32. The van der Waals surface area contributed by atoms with Crippen molar-refractivity contribution < 1.29 is 0 Å². The van der Waals surface area contributed by atoms with Crippen LogP contribution in [0.15, 0.2) is 16.9 Å². The zero-order valence-electron chi connectivity index (χ0n) is 14.7. The van der Waals surface area contributed by atoms with Gasteiger partial charge in [0.1, 0.15) is 0 Å². The summed E-state index contributed by atoms with van der Waals surface area (Å²) < 4.78 is 1.73. The molecule has 2 aliphatic heterocycles. The minimum absolute atomic E-state index is 0.0656. The van der Waals surface area contributed by atoms with E-state index in [1.165, 1.54) is 77.8 Å². The van der Waals surface area contributed by atoms with Gasteiger partial charge >= 0.3 is 0 Å². The van der Waals surface area contributed by atoms with Gasteiger partial charge in [0.2, 0.25) is 0 Å². The van der Waals surface area contributed by atoms with Crippen LogP contribution in [-0.4, -0.2) is 58.8 Å². The Labute approximate surface area is 144 Å². The number of piperidine rings is 1. The Morgan fingerprint density at radius 1 is 0.917 bits per heavy atom. The molecular formula is C19H30N4O. The molecule has 132 valence electrons. The Morgan fingerprint density at radius 3 is 2.25 bits per heavy atom. The maximum atomic E-state index is 12.1. The van der Waals surface area contributed by atoms with Crippen LogP contribution in [0.1, 0.15) is 50.1 Å². The third-order valence-corrected chi connectivity index (χ3v) is 5.95. The fraction of sp³-hybridized carbons (Fsp3) is 0.789. The first-order valence-corrected chi connectivity index (χ1v) is 9.81. The van der Waals surface area contributed by atoms with Crippen LogP contribution in [0.5, 0.6) is 0 Å². The standard InChI is InChI=1S/C19H30N4O/c24-19-6-5-18(17-3-4-17)20-23(19)15-16-7-11-22(12-8-16)14-13-21-9-1-2-10-21/h5-6,16-17H,1-4,7-15H2. The number of aromatic nitrogens is 2. The maximum Gasteiger partial charge on any atom is 0.266 e. The molecule has 0 radical (unpaired) electrons. The van der Waals surface area contributed by atoms with Gasteiger partial charge in [0, 0.05) is 31.6 Å². The third-order valence-electron chi connectivity index (χ3n) is 5.95. The highest BCUT2D eigenvalue weighted by Gasteiger charge is 2.26. The van der Waals surface area contributed by atoms with Gasteiger partial charge in [0.25, 0.3) is 5.56 Å². The lowest BCUT2D eigenvalue weighted by molar-refractivity contribution is 0.153. The summed E-state index contributed by atoms with van der Waals surface area (Å²) in [5, 5.41) is 4.62. The maximum absolute atomic E-state index is 12.1. The Bertz CT molecular complexity index is 596. The summed E-state index contributed by atoms with van der Waals surface area (Å²) in [4.78, 5) is 17.3. The highest BCUT2D eigenvalue weighted by Crippen LogP contribution is 2.38. The van der Waals surface area contributed by atoms with E-state index in [2.05, 4.69) is 14.9 Å². The minimum atomic E-state index is 0.0656. The van der Waals surface area contributed by atoms with Crippen molar-refractivity contribution in [2.24, 2.45) is 5.92 Å². The van der Waals surface area contributed by atoms with Crippen molar-refractivity contribution in [1.29, 1.82) is 0 Å². The Morgan fingerprint density at radius 2 is 1.58 bits per heavy atom. The molecule has 1 aromatic heterocycles. The van der Waals surface area contributed by atoms with E-state index in [0.29, 0.717) is 11.8 Å². The van der Waals surface area contributed by atoms with E-state index in [4.69, 9.17) is 0 Å². The molecule has 0 spiro atoms. The molecule has 0 bridgehead atoms. The lowest BCUT2D eigenvalue weighted by Crippen LogP contribution is -2.40. The molecule has 0 aromatic carbocycles. The first-order chi connectivity index (χ1) is 11.8. The van der Waals surface area contributed by atoms with Crippen LogP contribution in [0.2, 0.25) is 0 Å². The van der Waals surface area contributed by atoms with Crippen molar-refractivity contribution in [3.8, 4) is 0 Å². The van der Waals surface area contributed by atoms with Gasteiger partial charge < -0.3 is 9.80 Å². The van der Waals surface area contributed by atoms with Crippen LogP contribution in [0.25, 0.3) is 0 Å². The molecule has 1 aromatic rings. The smallest absolute Gasteiger partial charge is 0.266 e. The highest BCUT2D eigenvalue weighted by molar-refractivity contribution is 5.12. The number of hydrogen-bond donors (Lipinski definition) is 0. The SMILES string of the molecule is O=c1ccc(C2CC2)nn1CC1CCN(CCN2CCCC2)CC1. The summed E-state index contributed by atoms with van der Waals surface area (Å²) in [5.74, 6) is 1.22. The zero-order valence-corrected chi connectivity index (χ0v) is 14.7. The molecular weight excluding hydrogens is 300 g/mol. The normalized spacial score (nSPS) is 23.8. The van der Waals surface area contributed by atoms with Crippen molar-refractivity contribution in [2.45, 2.75) is 51.0 Å². The predicted octanol–water partition coefficient (Wildman–Crippen LogP) is 1.93. The number of hydrogen-bond acceptors (Lipinski definition) is 4. The Hall–Kier alpha value is -1.20. The van der Waals surface area contributed by atoms with Crippen molar-refractivity contribution in [1.82, 2.24) is 19.6 Å².